The van der Waals surface area contributed by atoms with Gasteiger partial charge in [0, 0.05) is 12.5 Å². The molecule has 2 aromatic rings. The number of carboxylic acid groups (broad SMARTS) is 1. The number of aliphatic carboxylic acids is 1. The molecule has 1 heterocycles. The molecule has 0 saturated heterocycles. The number of aromatic nitrogens is 2. The van der Waals surface area contributed by atoms with Gasteiger partial charge >= 0.3 is 5.97 Å². The van der Waals surface area contributed by atoms with E-state index >= 15 is 0 Å². The Kier molecular flexibility index (Phi) is 10.1. The number of benzene rings is 1. The Balaban J connectivity index is 1.65. The van der Waals surface area contributed by atoms with Crippen molar-refractivity contribution in [2.75, 3.05) is 20.3 Å². The molecular weight excluding hydrogens is 408 g/mol. The van der Waals surface area contributed by atoms with E-state index in [1.54, 1.807) is 30.2 Å². The molecule has 0 saturated carbocycles. The fourth-order valence-corrected chi connectivity index (χ4v) is 3.15. The topological polar surface area (TPSA) is 82.8 Å². The molecular formula is C22H29ClN2O5. The molecule has 0 unspecified atom stereocenters. The molecule has 0 fully saturated rings. The van der Waals surface area contributed by atoms with E-state index in [1.807, 2.05) is 12.1 Å². The van der Waals surface area contributed by atoms with Crippen LogP contribution < -0.4 is 14.3 Å². The summed E-state index contributed by atoms with van der Waals surface area (Å²) in [6.07, 6.45) is 8.97. The zero-order valence-corrected chi connectivity index (χ0v) is 18.1. The molecule has 8 heteroatoms. The number of hydrogen-bond donors (Lipinski definition) is 1. The minimum Gasteiger partial charge on any atom is -0.497 e. The number of aryl methyl sites for hydroxylation is 1. The number of halogens is 1. The van der Waals surface area contributed by atoms with E-state index in [2.05, 4.69) is 11.6 Å². The lowest BCUT2D eigenvalue weighted by Gasteiger charge is -2.09. The van der Waals surface area contributed by atoms with E-state index in [4.69, 9.17) is 31.0 Å². The summed E-state index contributed by atoms with van der Waals surface area (Å²) in [6.45, 7) is 4.58. The molecule has 0 bridgehead atoms. The van der Waals surface area contributed by atoms with Crippen molar-refractivity contribution in [1.82, 2.24) is 9.71 Å². The molecule has 30 heavy (non-hydrogen) atoms. The number of carboxylic acids is 1. The standard InChI is InChI=1S/C22H29ClN2O5/c1-3-12-30-25-16-17(14-22(26)27)24-21(25)9-7-5-4-6-8-13-29-20-11-10-18(28-2)15-19(20)23/h3,10-11,15-16H,1,4-9,12-14H2,2H3,(H,26,27). The van der Waals surface area contributed by atoms with E-state index in [1.165, 1.54) is 0 Å². The highest BCUT2D eigenvalue weighted by molar-refractivity contribution is 6.32. The summed E-state index contributed by atoms with van der Waals surface area (Å²) in [4.78, 5) is 20.8. The Morgan fingerprint density at radius 2 is 2.03 bits per heavy atom. The van der Waals surface area contributed by atoms with Gasteiger partial charge in [0.2, 0.25) is 0 Å². The summed E-state index contributed by atoms with van der Waals surface area (Å²) in [5.41, 5.74) is 0.496. The monoisotopic (exact) mass is 436 g/mol. The van der Waals surface area contributed by atoms with Crippen molar-refractivity contribution in [1.29, 1.82) is 0 Å². The number of imidazole rings is 1. The second kappa shape index (κ2) is 12.8. The lowest BCUT2D eigenvalue weighted by Crippen LogP contribution is -2.13. The summed E-state index contributed by atoms with van der Waals surface area (Å²) >= 11 is 6.16. The average molecular weight is 437 g/mol. The van der Waals surface area contributed by atoms with Crippen LogP contribution in [0.15, 0.2) is 37.1 Å². The highest BCUT2D eigenvalue weighted by Gasteiger charge is 2.11. The Morgan fingerprint density at radius 3 is 2.73 bits per heavy atom. The van der Waals surface area contributed by atoms with Crippen molar-refractivity contribution >= 4 is 17.6 Å². The summed E-state index contributed by atoms with van der Waals surface area (Å²) < 4.78 is 12.4. The van der Waals surface area contributed by atoms with Crippen LogP contribution in [0.3, 0.4) is 0 Å². The highest BCUT2D eigenvalue weighted by Crippen LogP contribution is 2.28. The summed E-state index contributed by atoms with van der Waals surface area (Å²) in [5, 5.41) is 9.49. The molecule has 7 nitrogen and oxygen atoms in total. The molecule has 1 aromatic heterocycles. The lowest BCUT2D eigenvalue weighted by molar-refractivity contribution is -0.136. The average Bonchev–Trinajstić information content (AvgIpc) is 3.09. The van der Waals surface area contributed by atoms with Gasteiger partial charge in [-0.2, -0.15) is 4.73 Å². The molecule has 0 aliphatic rings. The van der Waals surface area contributed by atoms with Gasteiger partial charge in [-0.3, -0.25) is 4.79 Å². The summed E-state index contributed by atoms with van der Waals surface area (Å²) in [7, 11) is 1.60. The van der Waals surface area contributed by atoms with Gasteiger partial charge in [-0.25, -0.2) is 4.98 Å². The molecule has 2 rings (SSSR count). The van der Waals surface area contributed by atoms with E-state index in [0.717, 1.165) is 44.3 Å². The molecule has 0 atom stereocenters. The molecule has 1 N–H and O–H groups in total. The van der Waals surface area contributed by atoms with Crippen LogP contribution in [0.25, 0.3) is 0 Å². The third-order valence-electron chi connectivity index (χ3n) is 4.40. The molecule has 0 aliphatic carbocycles. The number of rotatable bonds is 15. The maximum Gasteiger partial charge on any atom is 0.309 e. The van der Waals surface area contributed by atoms with Crippen LogP contribution >= 0.6 is 11.6 Å². The van der Waals surface area contributed by atoms with Crippen LogP contribution in [0.5, 0.6) is 11.5 Å². The molecule has 1 aromatic carbocycles. The quantitative estimate of drug-likeness (QED) is 0.330. The first-order valence-corrected chi connectivity index (χ1v) is 10.4. The van der Waals surface area contributed by atoms with Crippen LogP contribution in [-0.4, -0.2) is 41.1 Å². The Morgan fingerprint density at radius 1 is 1.27 bits per heavy atom. The van der Waals surface area contributed by atoms with Crippen LogP contribution in [0.1, 0.15) is 43.6 Å². The van der Waals surface area contributed by atoms with Crippen LogP contribution in [0.4, 0.5) is 0 Å². The number of unbranched alkanes of at least 4 members (excludes halogenated alkanes) is 4. The Hall–Kier alpha value is -2.67. The number of methoxy groups -OCH3 is 1. The number of nitrogens with zero attached hydrogens (tertiary/aromatic N) is 2. The van der Waals surface area contributed by atoms with Gasteiger partial charge in [-0.05, 0) is 25.0 Å². The fourth-order valence-electron chi connectivity index (χ4n) is 2.93. The predicted octanol–water partition coefficient (Wildman–Crippen LogP) is 4.36. The number of ether oxygens (including phenoxy) is 2. The van der Waals surface area contributed by atoms with Crippen LogP contribution in [-0.2, 0) is 17.6 Å². The van der Waals surface area contributed by atoms with Gasteiger partial charge in [0.25, 0.3) is 0 Å². The zero-order chi connectivity index (χ0) is 21.8. The second-order valence-electron chi connectivity index (χ2n) is 6.79. The van der Waals surface area contributed by atoms with Gasteiger partial charge in [0.15, 0.2) is 0 Å². The van der Waals surface area contributed by atoms with Gasteiger partial charge in [0.1, 0.15) is 23.9 Å². The van der Waals surface area contributed by atoms with Crippen LogP contribution in [0, 0.1) is 0 Å². The normalized spacial score (nSPS) is 10.6. The molecule has 0 amide bonds. The first-order chi connectivity index (χ1) is 14.5. The Labute approximate surface area is 182 Å². The lowest BCUT2D eigenvalue weighted by atomic mass is 10.1. The van der Waals surface area contributed by atoms with E-state index < -0.39 is 5.97 Å². The third-order valence-corrected chi connectivity index (χ3v) is 4.69. The first-order valence-electron chi connectivity index (χ1n) is 10.0. The molecule has 0 spiro atoms. The summed E-state index contributed by atoms with van der Waals surface area (Å²) in [5.74, 6) is 1.21. The van der Waals surface area contributed by atoms with Crippen molar-refractivity contribution in [3.8, 4) is 11.5 Å². The molecule has 0 radical (unpaired) electrons. The van der Waals surface area contributed by atoms with Gasteiger partial charge in [-0.1, -0.05) is 43.5 Å². The zero-order valence-electron chi connectivity index (χ0n) is 17.3. The maximum absolute atomic E-state index is 10.9. The molecule has 0 aliphatic heterocycles. The Bertz CT molecular complexity index is 822. The predicted molar refractivity (Wildman–Crippen MR) is 115 cm³/mol. The van der Waals surface area contributed by atoms with Gasteiger partial charge in [0.05, 0.1) is 37.1 Å². The highest BCUT2D eigenvalue weighted by atomic mass is 35.5. The smallest absolute Gasteiger partial charge is 0.309 e. The van der Waals surface area contributed by atoms with Crippen LogP contribution in [0.2, 0.25) is 5.02 Å². The van der Waals surface area contributed by atoms with E-state index in [9.17, 15) is 4.79 Å². The third kappa shape index (κ3) is 7.99. The van der Waals surface area contributed by atoms with Gasteiger partial charge < -0.3 is 19.4 Å². The van der Waals surface area contributed by atoms with Gasteiger partial charge in [-0.15, -0.1) is 0 Å². The minimum atomic E-state index is -0.909. The van der Waals surface area contributed by atoms with Crippen molar-refractivity contribution < 1.29 is 24.2 Å². The fraction of sp³-hybridized carbons (Fsp3) is 0.455. The van der Waals surface area contributed by atoms with Crippen molar-refractivity contribution in [3.63, 3.8) is 0 Å². The molecule has 164 valence electrons. The number of hydrogen-bond acceptors (Lipinski definition) is 5. The van der Waals surface area contributed by atoms with Crippen molar-refractivity contribution in [2.24, 2.45) is 0 Å². The second-order valence-corrected chi connectivity index (χ2v) is 7.20. The first kappa shape index (κ1) is 23.6. The minimum absolute atomic E-state index is 0.115. The van der Waals surface area contributed by atoms with Crippen molar-refractivity contribution in [3.05, 3.63) is 53.6 Å². The SMILES string of the molecule is C=CCOn1cc(CC(=O)O)nc1CCCCCCCOc1ccc(OC)cc1Cl. The number of carbonyl (C=O) groups is 1. The largest absolute Gasteiger partial charge is 0.497 e. The van der Waals surface area contributed by atoms with E-state index in [-0.39, 0.29) is 6.42 Å². The maximum atomic E-state index is 10.9. The van der Waals surface area contributed by atoms with Crippen molar-refractivity contribution in [2.45, 2.75) is 44.9 Å². The van der Waals surface area contributed by atoms with E-state index in [0.29, 0.717) is 35.4 Å². The summed E-state index contributed by atoms with van der Waals surface area (Å²) in [6, 6.07) is 5.38.